The van der Waals surface area contributed by atoms with Crippen molar-refractivity contribution in [2.75, 3.05) is 17.7 Å². The highest BCUT2D eigenvalue weighted by atomic mass is 32.1. The van der Waals surface area contributed by atoms with Crippen molar-refractivity contribution in [3.05, 3.63) is 107 Å². The summed E-state index contributed by atoms with van der Waals surface area (Å²) >= 11 is 1.51. The van der Waals surface area contributed by atoms with Crippen LogP contribution in [0.5, 0.6) is 5.75 Å². The summed E-state index contributed by atoms with van der Waals surface area (Å²) in [6.45, 7) is 2.19. The second-order valence-corrected chi connectivity index (χ2v) is 9.44. The Hall–Kier alpha value is -4.76. The van der Waals surface area contributed by atoms with Crippen molar-refractivity contribution in [3.8, 4) is 5.75 Å². The minimum Gasteiger partial charge on any atom is -0.497 e. The number of nitrogens with one attached hydrogen (secondary N) is 3. The molecule has 0 saturated heterocycles. The summed E-state index contributed by atoms with van der Waals surface area (Å²) in [5.74, 6) is 0.456. The number of hydrogen-bond acceptors (Lipinski definition) is 7. The fraction of sp³-hybridized carbons (Fsp3) is 0.103. The van der Waals surface area contributed by atoms with E-state index in [0.717, 1.165) is 21.3 Å². The summed E-state index contributed by atoms with van der Waals surface area (Å²) in [5, 5.41) is 11.8. The van der Waals surface area contributed by atoms with Crippen LogP contribution in [0.25, 0.3) is 10.1 Å². The van der Waals surface area contributed by atoms with E-state index in [0.29, 0.717) is 34.1 Å². The molecule has 2 amide bonds. The summed E-state index contributed by atoms with van der Waals surface area (Å²) < 4.78 is 6.24. The molecule has 0 saturated carbocycles. The number of benzene rings is 2. The third-order valence-electron chi connectivity index (χ3n) is 5.98. The van der Waals surface area contributed by atoms with Crippen LogP contribution < -0.4 is 20.7 Å². The summed E-state index contributed by atoms with van der Waals surface area (Å²) in [7, 11) is 1.57. The fourth-order valence-corrected chi connectivity index (χ4v) is 4.86. The lowest BCUT2D eigenvalue weighted by molar-refractivity contribution is 0.0948. The molecule has 3 N–H and O–H groups in total. The van der Waals surface area contributed by atoms with Crippen LogP contribution in [0.15, 0.2) is 84.5 Å². The fourth-order valence-electron chi connectivity index (χ4n) is 3.92. The Morgan fingerprint density at radius 2 is 1.76 bits per heavy atom. The first-order valence-corrected chi connectivity index (χ1v) is 12.8. The first-order chi connectivity index (χ1) is 18.5. The molecule has 0 aliphatic rings. The SMILES string of the molecule is COc1ccnc(CNC(=O)c2cnc(Nc3ccccc3C)c(NC(=O)c3csc4ccccc34)c2)c1. The number of anilines is 3. The van der Waals surface area contributed by atoms with Crippen molar-refractivity contribution in [2.45, 2.75) is 13.5 Å². The number of ether oxygens (including phenoxy) is 1. The predicted octanol–water partition coefficient (Wildman–Crippen LogP) is 5.93. The largest absolute Gasteiger partial charge is 0.497 e. The number of fused-ring (bicyclic) bond motifs is 1. The molecule has 5 aromatic rings. The molecule has 0 fully saturated rings. The Balaban J connectivity index is 1.42. The normalized spacial score (nSPS) is 10.7. The molecule has 0 bridgehead atoms. The number of para-hydroxylation sites is 1. The summed E-state index contributed by atoms with van der Waals surface area (Å²) in [4.78, 5) is 35.1. The quantitative estimate of drug-likeness (QED) is 0.233. The molecule has 3 aromatic heterocycles. The highest BCUT2D eigenvalue weighted by Crippen LogP contribution is 2.29. The number of pyridine rings is 2. The van der Waals surface area contributed by atoms with Crippen LogP contribution in [0.4, 0.5) is 17.2 Å². The smallest absolute Gasteiger partial charge is 0.257 e. The monoisotopic (exact) mass is 523 g/mol. The molecule has 0 unspecified atom stereocenters. The number of hydrogen-bond donors (Lipinski definition) is 3. The first-order valence-electron chi connectivity index (χ1n) is 11.9. The van der Waals surface area contributed by atoms with Gasteiger partial charge in [-0.3, -0.25) is 14.6 Å². The minimum atomic E-state index is -0.346. The number of thiophene rings is 1. The van der Waals surface area contributed by atoms with E-state index < -0.39 is 0 Å². The van der Waals surface area contributed by atoms with Gasteiger partial charge in [-0.2, -0.15) is 0 Å². The van der Waals surface area contributed by atoms with E-state index >= 15 is 0 Å². The van der Waals surface area contributed by atoms with Crippen molar-refractivity contribution in [3.63, 3.8) is 0 Å². The Morgan fingerprint density at radius 3 is 2.61 bits per heavy atom. The van der Waals surface area contributed by atoms with E-state index in [9.17, 15) is 9.59 Å². The van der Waals surface area contributed by atoms with Crippen LogP contribution in [0.1, 0.15) is 32.0 Å². The summed E-state index contributed by atoms with van der Waals surface area (Å²) in [6.07, 6.45) is 3.10. The Bertz CT molecular complexity index is 1630. The number of methoxy groups -OCH3 is 1. The molecule has 9 heteroatoms. The van der Waals surface area contributed by atoms with Crippen molar-refractivity contribution >= 4 is 50.4 Å². The summed E-state index contributed by atoms with van der Waals surface area (Å²) in [5.41, 5.74) is 3.77. The first kappa shape index (κ1) is 24.9. The summed E-state index contributed by atoms with van der Waals surface area (Å²) in [6, 6.07) is 20.6. The lowest BCUT2D eigenvalue weighted by Gasteiger charge is -2.15. The van der Waals surface area contributed by atoms with E-state index in [2.05, 4.69) is 25.9 Å². The molecule has 2 aromatic carbocycles. The highest BCUT2D eigenvalue weighted by Gasteiger charge is 2.17. The average Bonchev–Trinajstić information content (AvgIpc) is 3.38. The molecule has 0 radical (unpaired) electrons. The van der Waals surface area contributed by atoms with Crippen LogP contribution in [0.3, 0.4) is 0 Å². The number of carbonyl (C=O) groups is 2. The van der Waals surface area contributed by atoms with Gasteiger partial charge >= 0.3 is 0 Å². The van der Waals surface area contributed by atoms with Crippen molar-refractivity contribution < 1.29 is 14.3 Å². The zero-order valence-corrected chi connectivity index (χ0v) is 21.6. The van der Waals surface area contributed by atoms with E-state index in [1.54, 1.807) is 31.5 Å². The molecular weight excluding hydrogens is 498 g/mol. The number of aryl methyl sites for hydroxylation is 1. The number of amides is 2. The minimum absolute atomic E-state index is 0.210. The molecule has 0 aliphatic heterocycles. The Labute approximate surface area is 223 Å². The Morgan fingerprint density at radius 1 is 0.947 bits per heavy atom. The molecule has 38 heavy (non-hydrogen) atoms. The van der Waals surface area contributed by atoms with Gasteiger partial charge in [0.25, 0.3) is 11.8 Å². The van der Waals surface area contributed by atoms with E-state index in [1.165, 1.54) is 17.5 Å². The van der Waals surface area contributed by atoms with Crippen LogP contribution in [0.2, 0.25) is 0 Å². The van der Waals surface area contributed by atoms with Gasteiger partial charge in [0.05, 0.1) is 36.2 Å². The molecule has 8 nitrogen and oxygen atoms in total. The van der Waals surface area contributed by atoms with Gasteiger partial charge < -0.3 is 20.7 Å². The molecule has 0 aliphatic carbocycles. The van der Waals surface area contributed by atoms with Crippen molar-refractivity contribution in [1.82, 2.24) is 15.3 Å². The highest BCUT2D eigenvalue weighted by molar-refractivity contribution is 7.17. The van der Waals surface area contributed by atoms with Crippen LogP contribution in [-0.4, -0.2) is 28.9 Å². The van der Waals surface area contributed by atoms with Gasteiger partial charge in [-0.1, -0.05) is 36.4 Å². The molecule has 0 atom stereocenters. The van der Waals surface area contributed by atoms with Crippen LogP contribution in [0, 0.1) is 6.92 Å². The molecule has 190 valence electrons. The standard InChI is InChI=1S/C29H25N5O3S/c1-18-7-3-5-9-24(18)33-27-25(34-29(36)23-17-38-26-10-6-4-8-22(23)26)13-19(15-31-27)28(35)32-16-20-14-21(37-2)11-12-30-20/h3-15,17H,16H2,1-2H3,(H,31,33)(H,32,35)(H,34,36). The third kappa shape index (κ3) is 5.47. The number of aromatic nitrogens is 2. The van der Waals surface area contributed by atoms with Crippen LogP contribution in [-0.2, 0) is 6.54 Å². The molecular formula is C29H25N5O3S. The zero-order chi connectivity index (χ0) is 26.5. The van der Waals surface area contributed by atoms with Crippen LogP contribution >= 0.6 is 11.3 Å². The molecule has 3 heterocycles. The second kappa shape index (κ2) is 11.1. The van der Waals surface area contributed by atoms with Gasteiger partial charge in [0.15, 0.2) is 5.82 Å². The number of nitrogens with zero attached hydrogens (tertiary/aromatic N) is 2. The topological polar surface area (TPSA) is 105 Å². The van der Waals surface area contributed by atoms with Gasteiger partial charge in [0, 0.05) is 39.6 Å². The van der Waals surface area contributed by atoms with E-state index in [-0.39, 0.29) is 18.4 Å². The second-order valence-electron chi connectivity index (χ2n) is 8.53. The maximum Gasteiger partial charge on any atom is 0.257 e. The van der Waals surface area contributed by atoms with Gasteiger partial charge in [0.1, 0.15) is 5.75 Å². The van der Waals surface area contributed by atoms with Gasteiger partial charge in [0.2, 0.25) is 0 Å². The third-order valence-corrected chi connectivity index (χ3v) is 6.94. The average molecular weight is 524 g/mol. The maximum absolute atomic E-state index is 13.3. The maximum atomic E-state index is 13.3. The number of carbonyl (C=O) groups excluding carboxylic acids is 2. The van der Waals surface area contributed by atoms with Crippen molar-refractivity contribution in [2.24, 2.45) is 0 Å². The zero-order valence-electron chi connectivity index (χ0n) is 20.8. The predicted molar refractivity (Wildman–Crippen MR) is 150 cm³/mol. The van der Waals surface area contributed by atoms with E-state index in [4.69, 9.17) is 4.74 Å². The van der Waals surface area contributed by atoms with Gasteiger partial charge in [-0.05, 0) is 36.8 Å². The van der Waals surface area contributed by atoms with Gasteiger partial charge in [-0.25, -0.2) is 4.98 Å². The van der Waals surface area contributed by atoms with Gasteiger partial charge in [-0.15, -0.1) is 11.3 Å². The molecule has 0 spiro atoms. The lowest BCUT2D eigenvalue weighted by atomic mass is 10.1. The number of rotatable bonds is 8. The molecule has 5 rings (SSSR count). The Kier molecular flexibility index (Phi) is 7.28. The van der Waals surface area contributed by atoms with E-state index in [1.807, 2.05) is 60.8 Å². The lowest BCUT2D eigenvalue weighted by Crippen LogP contribution is -2.24. The van der Waals surface area contributed by atoms with Crippen molar-refractivity contribution in [1.29, 1.82) is 0 Å².